The van der Waals surface area contributed by atoms with Crippen molar-refractivity contribution < 1.29 is 4.74 Å². The molecule has 0 bridgehead atoms. The molecule has 1 aliphatic heterocycles. The quantitative estimate of drug-likeness (QED) is 0.719. The summed E-state index contributed by atoms with van der Waals surface area (Å²) in [7, 11) is 0. The first-order valence-electron chi connectivity index (χ1n) is 5.87. The Hall–Kier alpha value is -1.86. The maximum absolute atomic E-state index is 5.64. The lowest BCUT2D eigenvalue weighted by Gasteiger charge is -1.92. The second kappa shape index (κ2) is 4.56. The van der Waals surface area contributed by atoms with Gasteiger partial charge >= 0.3 is 0 Å². The van der Waals surface area contributed by atoms with Crippen molar-refractivity contribution in [2.45, 2.75) is 12.2 Å². The first-order valence-corrected chi connectivity index (χ1v) is 5.87. The standard InChI is InChI=1S/C16H14O/c1-3-7-13(8-4-1)11-12-15-16(17-15)14-9-5-2-6-10-14/h1-12,15-16H/b12-11+/t15-,16-/m0/s1. The zero-order valence-corrected chi connectivity index (χ0v) is 9.49. The molecule has 1 heterocycles. The van der Waals surface area contributed by atoms with E-state index >= 15 is 0 Å². The third kappa shape index (κ3) is 2.45. The van der Waals surface area contributed by atoms with Crippen molar-refractivity contribution in [2.75, 3.05) is 0 Å². The molecule has 1 aliphatic rings. The Morgan fingerprint density at radius 1 is 0.824 bits per heavy atom. The van der Waals surface area contributed by atoms with E-state index in [4.69, 9.17) is 4.74 Å². The molecular formula is C16H14O. The van der Waals surface area contributed by atoms with Crippen molar-refractivity contribution in [3.05, 3.63) is 77.9 Å². The van der Waals surface area contributed by atoms with Crippen LogP contribution in [0.15, 0.2) is 66.7 Å². The van der Waals surface area contributed by atoms with Crippen molar-refractivity contribution in [1.29, 1.82) is 0 Å². The van der Waals surface area contributed by atoms with Gasteiger partial charge in [-0.2, -0.15) is 0 Å². The summed E-state index contributed by atoms with van der Waals surface area (Å²) < 4.78 is 5.64. The van der Waals surface area contributed by atoms with Gasteiger partial charge < -0.3 is 4.74 Å². The van der Waals surface area contributed by atoms with Gasteiger partial charge in [0.25, 0.3) is 0 Å². The smallest absolute Gasteiger partial charge is 0.113 e. The molecule has 0 unspecified atom stereocenters. The third-order valence-electron chi connectivity index (χ3n) is 2.93. The number of ether oxygens (including phenoxy) is 1. The second-order valence-corrected chi connectivity index (χ2v) is 4.20. The molecule has 0 spiro atoms. The average Bonchev–Trinajstić information content (AvgIpc) is 3.18. The highest BCUT2D eigenvalue weighted by atomic mass is 16.6. The van der Waals surface area contributed by atoms with Gasteiger partial charge in [0.15, 0.2) is 0 Å². The highest BCUT2D eigenvalue weighted by molar-refractivity contribution is 5.50. The monoisotopic (exact) mass is 222 g/mol. The van der Waals surface area contributed by atoms with Gasteiger partial charge in [-0.05, 0) is 11.1 Å². The fourth-order valence-electron chi connectivity index (χ4n) is 1.95. The highest BCUT2D eigenvalue weighted by Gasteiger charge is 2.37. The SMILES string of the molecule is C(=C\[C@@H]1O[C@H]1c1ccccc1)/c1ccccc1. The van der Waals surface area contributed by atoms with Gasteiger partial charge in [0.05, 0.1) is 0 Å². The van der Waals surface area contributed by atoms with Crippen molar-refractivity contribution in [1.82, 2.24) is 0 Å². The molecule has 1 heteroatoms. The maximum atomic E-state index is 5.64. The van der Waals surface area contributed by atoms with E-state index in [1.54, 1.807) is 0 Å². The van der Waals surface area contributed by atoms with Crippen LogP contribution in [0, 0.1) is 0 Å². The predicted octanol–water partition coefficient (Wildman–Crippen LogP) is 3.84. The highest BCUT2D eigenvalue weighted by Crippen LogP contribution is 2.39. The minimum absolute atomic E-state index is 0.234. The Kier molecular flexibility index (Phi) is 2.76. The van der Waals surface area contributed by atoms with Gasteiger partial charge in [-0.15, -0.1) is 0 Å². The second-order valence-electron chi connectivity index (χ2n) is 4.20. The first-order chi connectivity index (χ1) is 8.43. The number of benzene rings is 2. The van der Waals surface area contributed by atoms with Gasteiger partial charge in [0.1, 0.15) is 12.2 Å². The summed E-state index contributed by atoms with van der Waals surface area (Å²) >= 11 is 0. The Labute approximate surface area is 101 Å². The van der Waals surface area contributed by atoms with Crippen LogP contribution in [-0.2, 0) is 4.74 Å². The van der Waals surface area contributed by atoms with Crippen LogP contribution in [0.25, 0.3) is 6.08 Å². The Bertz CT molecular complexity index is 502. The van der Waals surface area contributed by atoms with Gasteiger partial charge in [0, 0.05) is 0 Å². The normalized spacial score (nSPS) is 22.8. The van der Waals surface area contributed by atoms with Crippen LogP contribution in [0.3, 0.4) is 0 Å². The van der Waals surface area contributed by atoms with Crippen LogP contribution in [-0.4, -0.2) is 6.10 Å². The molecule has 84 valence electrons. The van der Waals surface area contributed by atoms with Crippen molar-refractivity contribution in [3.63, 3.8) is 0 Å². The Balaban J connectivity index is 1.65. The van der Waals surface area contributed by atoms with Crippen molar-refractivity contribution in [3.8, 4) is 0 Å². The molecule has 0 aromatic heterocycles. The van der Waals surface area contributed by atoms with Gasteiger partial charge in [0.2, 0.25) is 0 Å². The van der Waals surface area contributed by atoms with Crippen LogP contribution in [0.1, 0.15) is 17.2 Å². The largest absolute Gasteiger partial charge is 0.360 e. The summed E-state index contributed by atoms with van der Waals surface area (Å²) in [5.74, 6) is 0. The Morgan fingerprint density at radius 3 is 2.18 bits per heavy atom. The summed E-state index contributed by atoms with van der Waals surface area (Å²) in [6, 6.07) is 20.7. The lowest BCUT2D eigenvalue weighted by molar-refractivity contribution is 0.394. The van der Waals surface area contributed by atoms with E-state index in [0.29, 0.717) is 0 Å². The molecule has 17 heavy (non-hydrogen) atoms. The molecule has 3 rings (SSSR count). The van der Waals surface area contributed by atoms with Crippen LogP contribution in [0.2, 0.25) is 0 Å². The molecule has 1 saturated heterocycles. The number of hydrogen-bond donors (Lipinski definition) is 0. The number of epoxide rings is 1. The minimum Gasteiger partial charge on any atom is -0.360 e. The van der Waals surface area contributed by atoms with Gasteiger partial charge in [-0.3, -0.25) is 0 Å². The van der Waals surface area contributed by atoms with E-state index < -0.39 is 0 Å². The molecule has 0 aliphatic carbocycles. The van der Waals surface area contributed by atoms with E-state index in [0.717, 1.165) is 0 Å². The summed E-state index contributed by atoms with van der Waals surface area (Å²) in [6.45, 7) is 0. The van der Waals surface area contributed by atoms with Crippen LogP contribution in [0.4, 0.5) is 0 Å². The van der Waals surface area contributed by atoms with Gasteiger partial charge in [-0.25, -0.2) is 0 Å². The maximum Gasteiger partial charge on any atom is 0.113 e. The van der Waals surface area contributed by atoms with Crippen LogP contribution >= 0.6 is 0 Å². The minimum atomic E-state index is 0.234. The van der Waals surface area contributed by atoms with E-state index in [1.165, 1.54) is 11.1 Å². The molecule has 0 radical (unpaired) electrons. The molecular weight excluding hydrogens is 208 g/mol. The fraction of sp³-hybridized carbons (Fsp3) is 0.125. The Morgan fingerprint density at radius 2 is 1.47 bits per heavy atom. The van der Waals surface area contributed by atoms with Gasteiger partial charge in [-0.1, -0.05) is 72.8 Å². The number of hydrogen-bond acceptors (Lipinski definition) is 1. The van der Waals surface area contributed by atoms with Crippen LogP contribution < -0.4 is 0 Å². The van der Waals surface area contributed by atoms with E-state index in [9.17, 15) is 0 Å². The molecule has 0 N–H and O–H groups in total. The lowest BCUT2D eigenvalue weighted by atomic mass is 10.1. The molecule has 1 fully saturated rings. The zero-order valence-electron chi connectivity index (χ0n) is 9.49. The van der Waals surface area contributed by atoms with Crippen molar-refractivity contribution >= 4 is 6.08 Å². The molecule has 2 aromatic carbocycles. The van der Waals surface area contributed by atoms with Crippen molar-refractivity contribution in [2.24, 2.45) is 0 Å². The summed E-state index contributed by atoms with van der Waals surface area (Å²) in [5, 5.41) is 0. The summed E-state index contributed by atoms with van der Waals surface area (Å²) in [4.78, 5) is 0. The number of rotatable bonds is 3. The lowest BCUT2D eigenvalue weighted by Crippen LogP contribution is -1.83. The zero-order chi connectivity index (χ0) is 11.5. The fourth-order valence-corrected chi connectivity index (χ4v) is 1.95. The summed E-state index contributed by atoms with van der Waals surface area (Å²) in [5.41, 5.74) is 2.48. The molecule has 2 atom stereocenters. The predicted molar refractivity (Wildman–Crippen MR) is 69.5 cm³/mol. The molecule has 2 aromatic rings. The van der Waals surface area contributed by atoms with E-state index in [1.807, 2.05) is 24.3 Å². The average molecular weight is 222 g/mol. The summed E-state index contributed by atoms with van der Waals surface area (Å²) in [6.07, 6.45) is 4.73. The van der Waals surface area contributed by atoms with E-state index in [2.05, 4.69) is 48.6 Å². The van der Waals surface area contributed by atoms with Crippen LogP contribution in [0.5, 0.6) is 0 Å². The molecule has 0 saturated carbocycles. The third-order valence-corrected chi connectivity index (χ3v) is 2.93. The molecule has 0 amide bonds. The first kappa shape index (κ1) is 10.3. The van der Waals surface area contributed by atoms with E-state index in [-0.39, 0.29) is 12.2 Å². The topological polar surface area (TPSA) is 12.5 Å². The molecule has 1 nitrogen and oxygen atoms in total.